The molecule has 3 aliphatic rings. The van der Waals surface area contributed by atoms with E-state index in [4.69, 9.17) is 14.2 Å². The Labute approximate surface area is 143 Å². The summed E-state index contributed by atoms with van der Waals surface area (Å²) in [6.07, 6.45) is 4.73. The van der Waals surface area contributed by atoms with E-state index in [1.54, 1.807) is 0 Å². The number of nitrogens with zero attached hydrogens (tertiary/aromatic N) is 3. The van der Waals surface area contributed by atoms with E-state index >= 15 is 0 Å². The Bertz CT molecular complexity index is 533. The maximum Gasteiger partial charge on any atom is 0.151 e. The number of rotatable bonds is 4. The lowest BCUT2D eigenvalue weighted by atomic mass is 10.0. The van der Waals surface area contributed by atoms with Crippen LogP contribution in [-0.2, 0) is 14.2 Å². The van der Waals surface area contributed by atoms with Crippen LogP contribution in [-0.4, -0.2) is 61.4 Å². The van der Waals surface area contributed by atoms with Gasteiger partial charge in [0.25, 0.3) is 0 Å². The fraction of sp³-hybridized carbons (Fsp3) is 0.778. The molecule has 0 spiro atoms. The summed E-state index contributed by atoms with van der Waals surface area (Å²) in [5.74, 6) is 1.56. The summed E-state index contributed by atoms with van der Waals surface area (Å²) in [5.41, 5.74) is 0.946. The second kappa shape index (κ2) is 7.33. The monoisotopic (exact) mass is 333 g/mol. The lowest BCUT2D eigenvalue weighted by Gasteiger charge is -2.32. The Kier molecular flexibility index (Phi) is 4.96. The lowest BCUT2D eigenvalue weighted by Crippen LogP contribution is -2.42. The highest BCUT2D eigenvalue weighted by molar-refractivity contribution is 5.42. The summed E-state index contributed by atoms with van der Waals surface area (Å²) in [5, 5.41) is 8.60. The van der Waals surface area contributed by atoms with Crippen LogP contribution in [0.2, 0.25) is 0 Å². The predicted molar refractivity (Wildman–Crippen MR) is 90.2 cm³/mol. The number of anilines is 1. The van der Waals surface area contributed by atoms with Crippen LogP contribution < -0.4 is 4.90 Å². The molecule has 3 aliphatic heterocycles. The minimum absolute atomic E-state index is 0.126. The van der Waals surface area contributed by atoms with Gasteiger partial charge in [-0.2, -0.15) is 5.10 Å². The first-order valence-electron chi connectivity index (χ1n) is 9.19. The molecule has 6 heteroatoms. The number of hydrogen-bond acceptors (Lipinski definition) is 6. The SMILES string of the molecule is Cc1ccc(N2C[C@@H](OCC3CCOCC3)[C@H]3OCCC[C@H]32)nn1. The fourth-order valence-corrected chi connectivity index (χ4v) is 4.04. The topological polar surface area (TPSA) is 56.7 Å². The van der Waals surface area contributed by atoms with Crippen LogP contribution in [0.5, 0.6) is 0 Å². The van der Waals surface area contributed by atoms with Crippen molar-refractivity contribution in [2.75, 3.05) is 37.9 Å². The molecule has 4 rings (SSSR count). The molecule has 1 aromatic heterocycles. The van der Waals surface area contributed by atoms with E-state index in [1.165, 1.54) is 0 Å². The van der Waals surface area contributed by atoms with Gasteiger partial charge in [0.2, 0.25) is 0 Å². The van der Waals surface area contributed by atoms with Crippen molar-refractivity contribution in [2.45, 2.75) is 50.9 Å². The Balaban J connectivity index is 1.43. The zero-order valence-corrected chi connectivity index (χ0v) is 14.4. The molecule has 3 saturated heterocycles. The van der Waals surface area contributed by atoms with Crippen molar-refractivity contribution in [1.82, 2.24) is 10.2 Å². The van der Waals surface area contributed by atoms with E-state index in [9.17, 15) is 0 Å². The highest BCUT2D eigenvalue weighted by Crippen LogP contribution is 2.34. The van der Waals surface area contributed by atoms with Gasteiger partial charge in [-0.05, 0) is 50.7 Å². The highest BCUT2D eigenvalue weighted by Gasteiger charge is 2.45. The molecule has 0 aromatic carbocycles. The van der Waals surface area contributed by atoms with Gasteiger partial charge >= 0.3 is 0 Å². The number of aromatic nitrogens is 2. The maximum atomic E-state index is 6.32. The van der Waals surface area contributed by atoms with Crippen LogP contribution in [0, 0.1) is 12.8 Å². The Hall–Kier alpha value is -1.24. The molecule has 0 aliphatic carbocycles. The standard InChI is InChI=1S/C18H27N3O3/c1-13-4-5-17(20-19-13)21-11-16(18-15(21)3-2-8-23-18)24-12-14-6-9-22-10-7-14/h4-5,14-16,18H,2-3,6-12H2,1H3/t15-,16-,18+/m1/s1. The van der Waals surface area contributed by atoms with Crippen molar-refractivity contribution in [3.63, 3.8) is 0 Å². The van der Waals surface area contributed by atoms with E-state index < -0.39 is 0 Å². The molecule has 132 valence electrons. The summed E-state index contributed by atoms with van der Waals surface area (Å²) in [6.45, 7) is 6.20. The largest absolute Gasteiger partial charge is 0.381 e. The zero-order valence-electron chi connectivity index (χ0n) is 14.4. The molecule has 3 fully saturated rings. The summed E-state index contributed by atoms with van der Waals surface area (Å²) in [6, 6.07) is 4.45. The van der Waals surface area contributed by atoms with Crippen molar-refractivity contribution in [1.29, 1.82) is 0 Å². The fourth-order valence-electron chi connectivity index (χ4n) is 4.04. The smallest absolute Gasteiger partial charge is 0.151 e. The molecule has 0 saturated carbocycles. The van der Waals surface area contributed by atoms with Gasteiger partial charge in [-0.3, -0.25) is 0 Å². The second-order valence-electron chi connectivity index (χ2n) is 7.16. The van der Waals surface area contributed by atoms with Gasteiger partial charge in [-0.15, -0.1) is 5.10 Å². The van der Waals surface area contributed by atoms with E-state index in [0.717, 1.165) is 70.2 Å². The number of fused-ring (bicyclic) bond motifs is 1. The van der Waals surface area contributed by atoms with Gasteiger partial charge in [0, 0.05) is 26.4 Å². The molecule has 1 aromatic rings. The third-order valence-electron chi connectivity index (χ3n) is 5.44. The zero-order chi connectivity index (χ0) is 16.4. The van der Waals surface area contributed by atoms with Gasteiger partial charge in [0.1, 0.15) is 12.2 Å². The molecular formula is C18H27N3O3. The first-order chi connectivity index (χ1) is 11.8. The van der Waals surface area contributed by atoms with Crippen LogP contribution in [0.25, 0.3) is 0 Å². The summed E-state index contributed by atoms with van der Waals surface area (Å²) in [7, 11) is 0. The quantitative estimate of drug-likeness (QED) is 0.840. The van der Waals surface area contributed by atoms with Gasteiger partial charge in [-0.1, -0.05) is 0 Å². The van der Waals surface area contributed by atoms with Gasteiger partial charge < -0.3 is 19.1 Å². The number of ether oxygens (including phenoxy) is 3. The van der Waals surface area contributed by atoms with Crippen LogP contribution in [0.3, 0.4) is 0 Å². The van der Waals surface area contributed by atoms with Crippen molar-refractivity contribution < 1.29 is 14.2 Å². The number of hydrogen-bond donors (Lipinski definition) is 0. The highest BCUT2D eigenvalue weighted by atomic mass is 16.5. The van der Waals surface area contributed by atoms with E-state index in [0.29, 0.717) is 12.0 Å². The van der Waals surface area contributed by atoms with E-state index in [1.807, 2.05) is 13.0 Å². The second-order valence-corrected chi connectivity index (χ2v) is 7.16. The molecule has 0 N–H and O–H groups in total. The van der Waals surface area contributed by atoms with E-state index in [-0.39, 0.29) is 12.2 Å². The molecule has 4 heterocycles. The first kappa shape index (κ1) is 16.2. The third kappa shape index (κ3) is 3.41. The molecule has 0 bridgehead atoms. The molecule has 24 heavy (non-hydrogen) atoms. The van der Waals surface area contributed by atoms with Crippen LogP contribution in [0.15, 0.2) is 12.1 Å². The van der Waals surface area contributed by atoms with Gasteiger partial charge in [0.15, 0.2) is 5.82 Å². The number of aryl methyl sites for hydroxylation is 1. The van der Waals surface area contributed by atoms with Gasteiger partial charge in [0.05, 0.1) is 18.3 Å². The molecule has 0 radical (unpaired) electrons. The summed E-state index contributed by atoms with van der Waals surface area (Å²) < 4.78 is 17.8. The molecule has 6 nitrogen and oxygen atoms in total. The minimum atomic E-state index is 0.126. The Morgan fingerprint density at radius 3 is 2.83 bits per heavy atom. The Morgan fingerprint density at radius 1 is 1.17 bits per heavy atom. The average molecular weight is 333 g/mol. The van der Waals surface area contributed by atoms with Crippen LogP contribution in [0.1, 0.15) is 31.4 Å². The van der Waals surface area contributed by atoms with Gasteiger partial charge in [-0.25, -0.2) is 0 Å². The maximum absolute atomic E-state index is 6.32. The molecule has 0 unspecified atom stereocenters. The molecule has 0 amide bonds. The van der Waals surface area contributed by atoms with Crippen molar-refractivity contribution >= 4 is 5.82 Å². The molecule has 3 atom stereocenters. The van der Waals surface area contributed by atoms with Crippen molar-refractivity contribution in [3.8, 4) is 0 Å². The van der Waals surface area contributed by atoms with Crippen molar-refractivity contribution in [3.05, 3.63) is 17.8 Å². The first-order valence-corrected chi connectivity index (χ1v) is 9.19. The van der Waals surface area contributed by atoms with Crippen LogP contribution >= 0.6 is 0 Å². The van der Waals surface area contributed by atoms with Crippen molar-refractivity contribution in [2.24, 2.45) is 5.92 Å². The van der Waals surface area contributed by atoms with Crippen LogP contribution in [0.4, 0.5) is 5.82 Å². The lowest BCUT2D eigenvalue weighted by molar-refractivity contribution is -0.0868. The third-order valence-corrected chi connectivity index (χ3v) is 5.44. The molecular weight excluding hydrogens is 306 g/mol. The Morgan fingerprint density at radius 2 is 2.04 bits per heavy atom. The summed E-state index contributed by atoms with van der Waals surface area (Å²) >= 11 is 0. The summed E-state index contributed by atoms with van der Waals surface area (Å²) in [4.78, 5) is 2.34. The predicted octanol–water partition coefficient (Wildman–Crippen LogP) is 1.96. The normalized spacial score (nSPS) is 31.2. The average Bonchev–Trinajstić information content (AvgIpc) is 3.00. The minimum Gasteiger partial charge on any atom is -0.381 e. The van der Waals surface area contributed by atoms with E-state index in [2.05, 4.69) is 21.2 Å².